The highest BCUT2D eigenvalue weighted by atomic mass is 16.2. The highest BCUT2D eigenvalue weighted by Crippen LogP contribution is 2.23. The summed E-state index contributed by atoms with van der Waals surface area (Å²) in [5, 5.41) is 5.27. The van der Waals surface area contributed by atoms with Crippen molar-refractivity contribution < 1.29 is 4.79 Å². The van der Waals surface area contributed by atoms with E-state index in [1.54, 1.807) is 12.3 Å². The monoisotopic (exact) mass is 319 g/mol. The third kappa shape index (κ3) is 3.08. The van der Waals surface area contributed by atoms with E-state index >= 15 is 0 Å². The first-order valence-corrected chi connectivity index (χ1v) is 8.06. The Balaban J connectivity index is 1.84. The van der Waals surface area contributed by atoms with Crippen LogP contribution in [-0.2, 0) is 0 Å². The summed E-state index contributed by atoms with van der Waals surface area (Å²) >= 11 is 0. The number of amides is 1. The molecule has 122 valence electrons. The summed E-state index contributed by atoms with van der Waals surface area (Å²) in [5.74, 6) is -0.197. The third-order valence-electron chi connectivity index (χ3n) is 4.09. The molecule has 4 nitrogen and oxygen atoms in total. The lowest BCUT2D eigenvalue weighted by molar-refractivity contribution is 0.0954. The first kappa shape index (κ1) is 16.0. The van der Waals surface area contributed by atoms with E-state index in [-0.39, 0.29) is 5.91 Å². The molecule has 0 aliphatic rings. The van der Waals surface area contributed by atoms with Crippen molar-refractivity contribution in [2.24, 2.45) is 5.10 Å². The van der Waals surface area contributed by atoms with Gasteiger partial charge in [0.2, 0.25) is 0 Å². The smallest absolute Gasteiger partial charge is 0.271 e. The molecule has 0 aliphatic carbocycles. The standard InChI is InChI=1S/C20H21N3O/c1-14(2)23-13-16(18-10-6-7-11-19(18)23)12-21-22-20(24)17-9-5-4-8-15(17)3/h4-14H,1-3H3,(H,22,24)/b21-12-. The molecular formula is C20H21N3O. The molecule has 1 N–H and O–H groups in total. The molecule has 1 heterocycles. The molecule has 1 aromatic heterocycles. The highest BCUT2D eigenvalue weighted by Gasteiger charge is 2.09. The van der Waals surface area contributed by atoms with Crippen molar-refractivity contribution in [3.63, 3.8) is 0 Å². The van der Waals surface area contributed by atoms with Crippen LogP contribution in [-0.4, -0.2) is 16.7 Å². The quantitative estimate of drug-likeness (QED) is 0.566. The fourth-order valence-electron chi connectivity index (χ4n) is 2.81. The topological polar surface area (TPSA) is 46.4 Å². The van der Waals surface area contributed by atoms with Crippen LogP contribution >= 0.6 is 0 Å². The molecule has 4 heteroatoms. The lowest BCUT2D eigenvalue weighted by Gasteiger charge is -2.08. The van der Waals surface area contributed by atoms with E-state index in [1.165, 1.54) is 5.52 Å². The van der Waals surface area contributed by atoms with Gasteiger partial charge in [0.1, 0.15) is 0 Å². The third-order valence-corrected chi connectivity index (χ3v) is 4.09. The second-order valence-corrected chi connectivity index (χ2v) is 6.12. The Morgan fingerprint density at radius 1 is 1.12 bits per heavy atom. The van der Waals surface area contributed by atoms with Crippen LogP contribution in [0.15, 0.2) is 59.8 Å². The van der Waals surface area contributed by atoms with Gasteiger partial charge in [-0.15, -0.1) is 0 Å². The molecule has 0 spiro atoms. The van der Waals surface area contributed by atoms with Crippen LogP contribution in [0.5, 0.6) is 0 Å². The van der Waals surface area contributed by atoms with Crippen molar-refractivity contribution in [1.82, 2.24) is 9.99 Å². The first-order chi connectivity index (χ1) is 11.6. The van der Waals surface area contributed by atoms with Crippen molar-refractivity contribution in [3.05, 3.63) is 71.4 Å². The molecule has 0 aliphatic heterocycles. The van der Waals surface area contributed by atoms with E-state index < -0.39 is 0 Å². The van der Waals surface area contributed by atoms with E-state index in [2.05, 4.69) is 47.3 Å². The zero-order valence-electron chi connectivity index (χ0n) is 14.2. The molecule has 1 amide bonds. The minimum Gasteiger partial charge on any atom is -0.344 e. The number of carbonyl (C=O) groups is 1. The molecule has 0 atom stereocenters. The SMILES string of the molecule is Cc1ccccc1C(=O)N/N=C\c1cn(C(C)C)c2ccccc12. The number of carbonyl (C=O) groups excluding carboxylic acids is 1. The van der Waals surface area contributed by atoms with Crippen molar-refractivity contribution in [3.8, 4) is 0 Å². The summed E-state index contributed by atoms with van der Waals surface area (Å²) < 4.78 is 2.21. The largest absolute Gasteiger partial charge is 0.344 e. The predicted molar refractivity (Wildman–Crippen MR) is 98.6 cm³/mol. The zero-order chi connectivity index (χ0) is 17.1. The highest BCUT2D eigenvalue weighted by molar-refractivity contribution is 6.00. The Bertz CT molecular complexity index is 906. The van der Waals surface area contributed by atoms with E-state index in [4.69, 9.17) is 0 Å². The van der Waals surface area contributed by atoms with Crippen molar-refractivity contribution in [1.29, 1.82) is 0 Å². The first-order valence-electron chi connectivity index (χ1n) is 8.06. The van der Waals surface area contributed by atoms with Crippen LogP contribution in [0.4, 0.5) is 0 Å². The molecular weight excluding hydrogens is 298 g/mol. The average Bonchev–Trinajstić information content (AvgIpc) is 2.94. The van der Waals surface area contributed by atoms with Crippen molar-refractivity contribution >= 4 is 23.0 Å². The van der Waals surface area contributed by atoms with Crippen LogP contribution in [0.3, 0.4) is 0 Å². The van der Waals surface area contributed by atoms with E-state index in [1.807, 2.05) is 37.3 Å². The average molecular weight is 319 g/mol. The van der Waals surface area contributed by atoms with Crippen molar-refractivity contribution in [2.75, 3.05) is 0 Å². The molecule has 0 radical (unpaired) electrons. The molecule has 0 unspecified atom stereocenters. The number of hydrazone groups is 1. The number of aromatic nitrogens is 1. The Morgan fingerprint density at radius 2 is 1.83 bits per heavy atom. The number of nitrogens with one attached hydrogen (secondary N) is 1. The van der Waals surface area contributed by atoms with Gasteiger partial charge in [0.05, 0.1) is 6.21 Å². The van der Waals surface area contributed by atoms with E-state index in [0.717, 1.165) is 16.5 Å². The van der Waals surface area contributed by atoms with Crippen LogP contribution in [0.25, 0.3) is 10.9 Å². The predicted octanol–water partition coefficient (Wildman–Crippen LogP) is 4.29. The molecule has 0 saturated carbocycles. The molecule has 0 saturated heterocycles. The van der Waals surface area contributed by atoms with Gasteiger partial charge in [-0.3, -0.25) is 4.79 Å². The van der Waals surface area contributed by atoms with E-state index in [0.29, 0.717) is 11.6 Å². The summed E-state index contributed by atoms with van der Waals surface area (Å²) in [7, 11) is 0. The number of rotatable bonds is 4. The minimum absolute atomic E-state index is 0.197. The maximum absolute atomic E-state index is 12.2. The summed E-state index contributed by atoms with van der Waals surface area (Å²) in [6.45, 7) is 6.20. The molecule has 3 rings (SSSR count). The van der Waals surface area contributed by atoms with Gasteiger partial charge < -0.3 is 4.57 Å². The molecule has 2 aromatic carbocycles. The summed E-state index contributed by atoms with van der Waals surface area (Å²) in [4.78, 5) is 12.2. The number of hydrogen-bond acceptors (Lipinski definition) is 2. The van der Waals surface area contributed by atoms with Gasteiger partial charge in [0.25, 0.3) is 5.91 Å². The lowest BCUT2D eigenvalue weighted by atomic mass is 10.1. The number of nitrogens with zero attached hydrogens (tertiary/aromatic N) is 2. The Morgan fingerprint density at radius 3 is 2.58 bits per heavy atom. The molecule has 3 aromatic rings. The lowest BCUT2D eigenvalue weighted by Crippen LogP contribution is -2.18. The summed E-state index contributed by atoms with van der Waals surface area (Å²) in [5.41, 5.74) is 6.34. The van der Waals surface area contributed by atoms with Crippen LogP contribution in [0.2, 0.25) is 0 Å². The van der Waals surface area contributed by atoms with Gasteiger partial charge in [-0.05, 0) is 38.5 Å². The number of aryl methyl sites for hydroxylation is 1. The zero-order valence-corrected chi connectivity index (χ0v) is 14.2. The maximum Gasteiger partial charge on any atom is 0.271 e. The second kappa shape index (κ2) is 6.71. The number of fused-ring (bicyclic) bond motifs is 1. The number of hydrogen-bond donors (Lipinski definition) is 1. The number of benzene rings is 2. The van der Waals surface area contributed by atoms with Gasteiger partial charge in [0.15, 0.2) is 0 Å². The molecule has 0 bridgehead atoms. The summed E-state index contributed by atoms with van der Waals surface area (Å²) in [6.07, 6.45) is 3.77. The van der Waals surface area contributed by atoms with Gasteiger partial charge >= 0.3 is 0 Å². The van der Waals surface area contributed by atoms with E-state index in [9.17, 15) is 4.79 Å². The van der Waals surface area contributed by atoms with Crippen LogP contribution < -0.4 is 5.43 Å². The number of para-hydroxylation sites is 1. The summed E-state index contributed by atoms with van der Waals surface area (Å²) in [6, 6.07) is 16.0. The van der Waals surface area contributed by atoms with Gasteiger partial charge in [0, 0.05) is 34.3 Å². The van der Waals surface area contributed by atoms with Gasteiger partial charge in [-0.1, -0.05) is 36.4 Å². The fourth-order valence-corrected chi connectivity index (χ4v) is 2.81. The Labute approximate surface area is 141 Å². The van der Waals surface area contributed by atoms with Gasteiger partial charge in [-0.2, -0.15) is 5.10 Å². The molecule has 0 fully saturated rings. The fraction of sp³-hybridized carbons (Fsp3) is 0.200. The second-order valence-electron chi connectivity index (χ2n) is 6.12. The van der Waals surface area contributed by atoms with Gasteiger partial charge in [-0.25, -0.2) is 5.43 Å². The minimum atomic E-state index is -0.197. The van der Waals surface area contributed by atoms with Crippen LogP contribution in [0.1, 0.15) is 41.4 Å². The normalized spacial score (nSPS) is 11.5. The Hall–Kier alpha value is -2.88. The maximum atomic E-state index is 12.2. The molecule has 24 heavy (non-hydrogen) atoms. The van der Waals surface area contributed by atoms with Crippen LogP contribution in [0, 0.1) is 6.92 Å². The Kier molecular flexibility index (Phi) is 4.47. The van der Waals surface area contributed by atoms with Crippen molar-refractivity contribution in [2.45, 2.75) is 26.8 Å².